The van der Waals surface area contributed by atoms with Gasteiger partial charge in [-0.05, 0) is 44.1 Å². The van der Waals surface area contributed by atoms with Crippen molar-refractivity contribution in [1.82, 2.24) is 10.2 Å². The van der Waals surface area contributed by atoms with E-state index in [1.54, 1.807) is 0 Å². The second kappa shape index (κ2) is 7.07. The molecular weight excluding hydrogens is 254 g/mol. The predicted molar refractivity (Wildman–Crippen MR) is 77.9 cm³/mol. The standard InChI is InChI=1S/C15H27N3O2/c1-2-11-3-6-17-13(9-11)15(20)18-7-4-12(5-8-18)10-14(16)19/h11-13,17H,2-10H2,1H3,(H2,16,19). The number of primary amides is 1. The quantitative estimate of drug-likeness (QED) is 0.803. The van der Waals surface area contributed by atoms with E-state index in [-0.39, 0.29) is 17.9 Å². The SMILES string of the molecule is CCC1CCNC(C(=O)N2CCC(CC(N)=O)CC2)C1. The van der Waals surface area contributed by atoms with Gasteiger partial charge in [-0.1, -0.05) is 13.3 Å². The van der Waals surface area contributed by atoms with Crippen molar-refractivity contribution < 1.29 is 9.59 Å². The summed E-state index contributed by atoms with van der Waals surface area (Å²) >= 11 is 0. The summed E-state index contributed by atoms with van der Waals surface area (Å²) in [7, 11) is 0. The van der Waals surface area contributed by atoms with E-state index in [1.165, 1.54) is 6.42 Å². The molecule has 2 rings (SSSR count). The monoisotopic (exact) mass is 281 g/mol. The zero-order chi connectivity index (χ0) is 14.5. The van der Waals surface area contributed by atoms with Crippen LogP contribution in [0.25, 0.3) is 0 Å². The first kappa shape index (κ1) is 15.3. The van der Waals surface area contributed by atoms with Gasteiger partial charge in [0.05, 0.1) is 6.04 Å². The van der Waals surface area contributed by atoms with Gasteiger partial charge in [-0.2, -0.15) is 0 Å². The highest BCUT2D eigenvalue weighted by Gasteiger charge is 2.31. The Hall–Kier alpha value is -1.10. The fourth-order valence-corrected chi connectivity index (χ4v) is 3.42. The molecule has 0 bridgehead atoms. The van der Waals surface area contributed by atoms with Crippen LogP contribution >= 0.6 is 0 Å². The van der Waals surface area contributed by atoms with Gasteiger partial charge in [-0.15, -0.1) is 0 Å². The molecular formula is C15H27N3O2. The smallest absolute Gasteiger partial charge is 0.239 e. The molecule has 2 aliphatic rings. The Labute approximate surface area is 121 Å². The van der Waals surface area contributed by atoms with E-state index in [1.807, 2.05) is 4.90 Å². The van der Waals surface area contributed by atoms with Crippen LogP contribution in [0.3, 0.4) is 0 Å². The first-order valence-electron chi connectivity index (χ1n) is 7.90. The average Bonchev–Trinajstić information content (AvgIpc) is 2.47. The molecule has 3 N–H and O–H groups in total. The first-order valence-corrected chi connectivity index (χ1v) is 7.90. The zero-order valence-corrected chi connectivity index (χ0v) is 12.4. The fourth-order valence-electron chi connectivity index (χ4n) is 3.42. The minimum absolute atomic E-state index is 0.00129. The first-order chi connectivity index (χ1) is 9.60. The maximum atomic E-state index is 12.5. The van der Waals surface area contributed by atoms with Gasteiger partial charge in [0.2, 0.25) is 11.8 Å². The Morgan fingerprint density at radius 1 is 1.20 bits per heavy atom. The summed E-state index contributed by atoms with van der Waals surface area (Å²) < 4.78 is 0. The molecule has 2 unspecified atom stereocenters. The lowest BCUT2D eigenvalue weighted by atomic mass is 9.88. The molecule has 5 nitrogen and oxygen atoms in total. The Morgan fingerprint density at radius 3 is 2.50 bits per heavy atom. The van der Waals surface area contributed by atoms with Crippen LogP contribution in [0.4, 0.5) is 0 Å². The maximum absolute atomic E-state index is 12.5. The zero-order valence-electron chi connectivity index (χ0n) is 12.4. The lowest BCUT2D eigenvalue weighted by Crippen LogP contribution is -2.52. The third-order valence-corrected chi connectivity index (χ3v) is 4.80. The van der Waals surface area contributed by atoms with E-state index in [9.17, 15) is 9.59 Å². The van der Waals surface area contributed by atoms with Crippen LogP contribution in [0, 0.1) is 11.8 Å². The number of hydrogen-bond donors (Lipinski definition) is 2. The van der Waals surface area contributed by atoms with Crippen molar-refractivity contribution in [3.63, 3.8) is 0 Å². The summed E-state index contributed by atoms with van der Waals surface area (Å²) in [4.78, 5) is 25.4. The van der Waals surface area contributed by atoms with Crippen LogP contribution in [-0.2, 0) is 9.59 Å². The van der Waals surface area contributed by atoms with Gasteiger partial charge in [0, 0.05) is 19.5 Å². The highest BCUT2D eigenvalue weighted by atomic mass is 16.2. The minimum Gasteiger partial charge on any atom is -0.370 e. The van der Waals surface area contributed by atoms with Crippen molar-refractivity contribution >= 4 is 11.8 Å². The molecule has 2 heterocycles. The minimum atomic E-state index is -0.227. The molecule has 5 heteroatoms. The van der Waals surface area contributed by atoms with Gasteiger partial charge in [-0.25, -0.2) is 0 Å². The summed E-state index contributed by atoms with van der Waals surface area (Å²) in [5.41, 5.74) is 5.24. The summed E-state index contributed by atoms with van der Waals surface area (Å²) in [5.74, 6) is 1.06. The largest absolute Gasteiger partial charge is 0.370 e. The summed E-state index contributed by atoms with van der Waals surface area (Å²) in [6.07, 6.45) is 5.57. The Bertz CT molecular complexity index is 351. The molecule has 0 aromatic carbocycles. The van der Waals surface area contributed by atoms with E-state index >= 15 is 0 Å². The Kier molecular flexibility index (Phi) is 5.40. The van der Waals surface area contributed by atoms with Gasteiger partial charge in [0.25, 0.3) is 0 Å². The van der Waals surface area contributed by atoms with Crippen LogP contribution in [0.5, 0.6) is 0 Å². The molecule has 0 radical (unpaired) electrons. The number of nitrogens with zero attached hydrogens (tertiary/aromatic N) is 1. The fraction of sp³-hybridized carbons (Fsp3) is 0.867. The van der Waals surface area contributed by atoms with Crippen molar-refractivity contribution in [2.75, 3.05) is 19.6 Å². The lowest BCUT2D eigenvalue weighted by Gasteiger charge is -2.36. The van der Waals surface area contributed by atoms with E-state index < -0.39 is 0 Å². The highest BCUT2D eigenvalue weighted by Crippen LogP contribution is 2.24. The molecule has 2 atom stereocenters. The van der Waals surface area contributed by atoms with Crippen LogP contribution < -0.4 is 11.1 Å². The highest BCUT2D eigenvalue weighted by molar-refractivity contribution is 5.82. The molecule has 2 amide bonds. The van der Waals surface area contributed by atoms with Gasteiger partial charge in [0.1, 0.15) is 0 Å². The van der Waals surface area contributed by atoms with Crippen LogP contribution in [0.2, 0.25) is 0 Å². The summed E-state index contributed by atoms with van der Waals surface area (Å²) in [6, 6.07) is 0.00129. The number of nitrogens with one attached hydrogen (secondary N) is 1. The average molecular weight is 281 g/mol. The number of piperidine rings is 2. The maximum Gasteiger partial charge on any atom is 0.239 e. The van der Waals surface area contributed by atoms with Crippen molar-refractivity contribution in [2.24, 2.45) is 17.6 Å². The van der Waals surface area contributed by atoms with Crippen molar-refractivity contribution in [3.05, 3.63) is 0 Å². The van der Waals surface area contributed by atoms with Crippen LogP contribution in [0.15, 0.2) is 0 Å². The van der Waals surface area contributed by atoms with Gasteiger partial charge in [0.15, 0.2) is 0 Å². The number of amides is 2. The van der Waals surface area contributed by atoms with Crippen molar-refractivity contribution in [3.8, 4) is 0 Å². The van der Waals surface area contributed by atoms with Crippen molar-refractivity contribution in [2.45, 2.75) is 51.5 Å². The Balaban J connectivity index is 1.80. The number of nitrogens with two attached hydrogens (primary N) is 1. The number of carbonyl (C=O) groups is 2. The van der Waals surface area contributed by atoms with Crippen LogP contribution in [-0.4, -0.2) is 42.4 Å². The molecule has 0 saturated carbocycles. The molecule has 0 aromatic heterocycles. The molecule has 0 spiro atoms. The van der Waals surface area contributed by atoms with Crippen molar-refractivity contribution in [1.29, 1.82) is 0 Å². The van der Waals surface area contributed by atoms with Gasteiger partial charge < -0.3 is 16.0 Å². The molecule has 2 saturated heterocycles. The van der Waals surface area contributed by atoms with E-state index in [0.29, 0.717) is 18.3 Å². The summed E-state index contributed by atoms with van der Waals surface area (Å²) in [6.45, 7) is 4.69. The Morgan fingerprint density at radius 2 is 1.90 bits per heavy atom. The summed E-state index contributed by atoms with van der Waals surface area (Å²) in [5, 5.41) is 3.36. The number of rotatable bonds is 4. The predicted octanol–water partition coefficient (Wildman–Crippen LogP) is 0.879. The van der Waals surface area contributed by atoms with E-state index in [2.05, 4.69) is 12.2 Å². The van der Waals surface area contributed by atoms with Gasteiger partial charge in [-0.3, -0.25) is 9.59 Å². The topological polar surface area (TPSA) is 75.4 Å². The van der Waals surface area contributed by atoms with Crippen LogP contribution in [0.1, 0.15) is 45.4 Å². The molecule has 0 aliphatic carbocycles. The molecule has 2 aliphatic heterocycles. The molecule has 114 valence electrons. The lowest BCUT2D eigenvalue weighted by molar-refractivity contribution is -0.136. The second-order valence-corrected chi connectivity index (χ2v) is 6.24. The molecule has 0 aromatic rings. The number of hydrogen-bond acceptors (Lipinski definition) is 3. The number of carbonyl (C=O) groups excluding carboxylic acids is 2. The third kappa shape index (κ3) is 3.95. The van der Waals surface area contributed by atoms with E-state index in [0.717, 1.165) is 45.3 Å². The second-order valence-electron chi connectivity index (χ2n) is 6.24. The van der Waals surface area contributed by atoms with Gasteiger partial charge >= 0.3 is 0 Å². The van der Waals surface area contributed by atoms with E-state index in [4.69, 9.17) is 5.73 Å². The third-order valence-electron chi connectivity index (χ3n) is 4.80. The normalized spacial score (nSPS) is 28.4. The molecule has 2 fully saturated rings. The number of likely N-dealkylation sites (tertiary alicyclic amines) is 1. The molecule has 20 heavy (non-hydrogen) atoms.